The van der Waals surface area contributed by atoms with Crippen LogP contribution in [0.2, 0.25) is 0 Å². The van der Waals surface area contributed by atoms with Crippen LogP contribution in [0.1, 0.15) is 277 Å². The highest BCUT2D eigenvalue weighted by Gasteiger charge is 2.28. The topological polar surface area (TPSA) is 110 Å². The van der Waals surface area contributed by atoms with Gasteiger partial charge in [-0.25, -0.2) is 0 Å². The summed E-state index contributed by atoms with van der Waals surface area (Å²) in [5.74, 6) is -0.600. The molecular formula is C55H105NO5. The van der Waals surface area contributed by atoms with Crippen LogP contribution in [0, 0.1) is 0 Å². The van der Waals surface area contributed by atoms with Crippen LogP contribution >= 0.6 is 0 Å². The molecule has 4 unspecified atom stereocenters. The summed E-state index contributed by atoms with van der Waals surface area (Å²) in [7, 11) is 0. The van der Waals surface area contributed by atoms with Crippen LogP contribution in [0.25, 0.3) is 0 Å². The molecule has 360 valence electrons. The number of carbonyl (C=O) groups is 1. The lowest BCUT2D eigenvalue weighted by Crippen LogP contribution is -2.53. The summed E-state index contributed by atoms with van der Waals surface area (Å²) in [6.07, 6.45) is 60.6. The Labute approximate surface area is 379 Å². The fourth-order valence-corrected chi connectivity index (χ4v) is 8.30. The molecule has 0 rings (SSSR count). The summed E-state index contributed by atoms with van der Waals surface area (Å²) in [4.78, 5) is 12.6. The second kappa shape index (κ2) is 49.5. The van der Waals surface area contributed by atoms with Gasteiger partial charge in [0.2, 0.25) is 5.91 Å². The number of allylic oxidation sites excluding steroid dienone is 6. The van der Waals surface area contributed by atoms with Crippen molar-refractivity contribution in [1.82, 2.24) is 5.32 Å². The van der Waals surface area contributed by atoms with Gasteiger partial charge in [0.05, 0.1) is 18.8 Å². The Balaban J connectivity index is 3.72. The first-order chi connectivity index (χ1) is 30.0. The molecule has 6 nitrogen and oxygen atoms in total. The Bertz CT molecular complexity index is 966. The molecule has 0 heterocycles. The molecule has 0 fully saturated rings. The largest absolute Gasteiger partial charge is 0.394 e. The first-order valence-electron chi connectivity index (χ1n) is 26.9. The van der Waals surface area contributed by atoms with Gasteiger partial charge in [0.15, 0.2) is 0 Å². The van der Waals surface area contributed by atoms with E-state index >= 15 is 0 Å². The first kappa shape index (κ1) is 59.5. The molecule has 1 amide bonds. The first-order valence-corrected chi connectivity index (χ1v) is 26.9. The number of carbonyl (C=O) groups excluding carboxylic acids is 1. The number of amides is 1. The van der Waals surface area contributed by atoms with Gasteiger partial charge in [-0.05, 0) is 77.0 Å². The highest BCUT2D eigenvalue weighted by Crippen LogP contribution is 2.16. The van der Waals surface area contributed by atoms with Gasteiger partial charge < -0.3 is 25.7 Å². The average Bonchev–Trinajstić information content (AvgIpc) is 3.26. The molecule has 0 aromatic heterocycles. The summed E-state index contributed by atoms with van der Waals surface area (Å²) in [5.41, 5.74) is 0. The number of rotatable bonds is 49. The van der Waals surface area contributed by atoms with Crippen molar-refractivity contribution in [1.29, 1.82) is 0 Å². The summed E-state index contributed by atoms with van der Waals surface area (Å²) in [6, 6.07) is -1.01. The van der Waals surface area contributed by atoms with Gasteiger partial charge in [-0.2, -0.15) is 0 Å². The van der Waals surface area contributed by atoms with Crippen LogP contribution < -0.4 is 5.32 Å². The predicted octanol–water partition coefficient (Wildman–Crippen LogP) is 15.2. The van der Waals surface area contributed by atoms with Crippen LogP contribution in [0.3, 0.4) is 0 Å². The van der Waals surface area contributed by atoms with Crippen molar-refractivity contribution in [2.24, 2.45) is 0 Å². The van der Waals surface area contributed by atoms with Crippen LogP contribution in [-0.4, -0.2) is 57.3 Å². The average molecular weight is 860 g/mol. The molecule has 0 saturated carbocycles. The standard InChI is InChI=1S/C55H105NO5/c1-3-5-7-9-11-13-15-17-19-21-23-25-26-27-29-30-32-34-36-38-40-42-44-46-48-52(58)54(60)51(50-57)56-55(61)53(59)49-47-45-43-41-39-37-35-33-31-28-24-22-20-18-16-14-12-10-8-6-4-2/h31-34,40,42,51-54,57-60H,3-30,35-39,41,43-50H2,1-2H3,(H,56,61)/b33-31-,34-32+,42-40+. The van der Waals surface area contributed by atoms with E-state index in [4.69, 9.17) is 0 Å². The maximum atomic E-state index is 12.6. The fourth-order valence-electron chi connectivity index (χ4n) is 8.30. The van der Waals surface area contributed by atoms with Crippen LogP contribution in [0.4, 0.5) is 0 Å². The molecule has 5 N–H and O–H groups in total. The van der Waals surface area contributed by atoms with Crippen molar-refractivity contribution < 1.29 is 25.2 Å². The van der Waals surface area contributed by atoms with E-state index in [0.29, 0.717) is 19.3 Å². The molecule has 0 aromatic rings. The number of aliphatic hydroxyl groups excluding tert-OH is 4. The Hall–Kier alpha value is -1.47. The molecule has 61 heavy (non-hydrogen) atoms. The Morgan fingerprint density at radius 2 is 0.689 bits per heavy atom. The van der Waals surface area contributed by atoms with Crippen LogP contribution in [0.5, 0.6) is 0 Å². The van der Waals surface area contributed by atoms with Crippen molar-refractivity contribution in [3.8, 4) is 0 Å². The molecule has 0 radical (unpaired) electrons. The quantitative estimate of drug-likeness (QED) is 0.0309. The fraction of sp³-hybridized carbons (Fsp3) is 0.873. The smallest absolute Gasteiger partial charge is 0.249 e. The Morgan fingerprint density at radius 1 is 0.393 bits per heavy atom. The van der Waals surface area contributed by atoms with E-state index < -0.39 is 36.9 Å². The monoisotopic (exact) mass is 860 g/mol. The van der Waals surface area contributed by atoms with Crippen LogP contribution in [0.15, 0.2) is 36.5 Å². The van der Waals surface area contributed by atoms with Crippen molar-refractivity contribution in [2.75, 3.05) is 6.61 Å². The van der Waals surface area contributed by atoms with Gasteiger partial charge in [0.25, 0.3) is 0 Å². The number of hydrogen-bond donors (Lipinski definition) is 5. The Morgan fingerprint density at radius 3 is 1.03 bits per heavy atom. The molecule has 0 aliphatic carbocycles. The molecule has 4 atom stereocenters. The van der Waals surface area contributed by atoms with Crippen molar-refractivity contribution in [3.63, 3.8) is 0 Å². The van der Waals surface area contributed by atoms with E-state index in [1.54, 1.807) is 0 Å². The minimum Gasteiger partial charge on any atom is -0.394 e. The second-order valence-corrected chi connectivity index (χ2v) is 18.6. The zero-order valence-electron chi connectivity index (χ0n) is 40.7. The van der Waals surface area contributed by atoms with E-state index in [9.17, 15) is 25.2 Å². The zero-order valence-corrected chi connectivity index (χ0v) is 40.7. The summed E-state index contributed by atoms with van der Waals surface area (Å²) >= 11 is 0. The predicted molar refractivity (Wildman–Crippen MR) is 265 cm³/mol. The molecular weight excluding hydrogens is 755 g/mol. The van der Waals surface area contributed by atoms with Crippen molar-refractivity contribution in [3.05, 3.63) is 36.5 Å². The van der Waals surface area contributed by atoms with E-state index in [-0.39, 0.29) is 0 Å². The summed E-state index contributed by atoms with van der Waals surface area (Å²) < 4.78 is 0. The minimum atomic E-state index is -1.29. The molecule has 0 saturated heterocycles. The number of nitrogens with one attached hydrogen (secondary N) is 1. The van der Waals surface area contributed by atoms with E-state index in [1.165, 1.54) is 193 Å². The lowest BCUT2D eigenvalue weighted by atomic mass is 10.00. The normalized spacial score (nSPS) is 14.1. The number of hydrogen-bond acceptors (Lipinski definition) is 5. The lowest BCUT2D eigenvalue weighted by Gasteiger charge is -2.27. The highest BCUT2D eigenvalue weighted by molar-refractivity contribution is 5.80. The van der Waals surface area contributed by atoms with Crippen LogP contribution in [-0.2, 0) is 4.79 Å². The second-order valence-electron chi connectivity index (χ2n) is 18.6. The highest BCUT2D eigenvalue weighted by atomic mass is 16.3. The molecule has 0 aliphatic heterocycles. The van der Waals surface area contributed by atoms with Gasteiger partial charge in [-0.15, -0.1) is 0 Å². The van der Waals surface area contributed by atoms with Crippen molar-refractivity contribution >= 4 is 5.91 Å². The maximum Gasteiger partial charge on any atom is 0.249 e. The summed E-state index contributed by atoms with van der Waals surface area (Å²) in [6.45, 7) is 4.06. The van der Waals surface area contributed by atoms with E-state index in [0.717, 1.165) is 51.4 Å². The third-order valence-corrected chi connectivity index (χ3v) is 12.6. The third kappa shape index (κ3) is 43.6. The SMILES string of the molecule is CCCCCCCCCCCCC/C=C\CCCCCCCCC(O)C(=O)NC(CO)C(O)C(O)CCC/C=C/CC/C=C/CCCCCCCCCCCCCCCCC. The molecule has 0 bridgehead atoms. The van der Waals surface area contributed by atoms with Gasteiger partial charge >= 0.3 is 0 Å². The van der Waals surface area contributed by atoms with Gasteiger partial charge in [0.1, 0.15) is 12.2 Å². The summed E-state index contributed by atoms with van der Waals surface area (Å²) in [5, 5.41) is 43.9. The van der Waals surface area contributed by atoms with E-state index in [2.05, 4.69) is 55.6 Å². The van der Waals surface area contributed by atoms with Gasteiger partial charge in [0, 0.05) is 0 Å². The number of unbranched alkanes of at least 4 members (excludes halogenated alkanes) is 34. The lowest BCUT2D eigenvalue weighted by molar-refractivity contribution is -0.132. The molecule has 0 spiro atoms. The van der Waals surface area contributed by atoms with Gasteiger partial charge in [-0.1, -0.05) is 237 Å². The van der Waals surface area contributed by atoms with Crippen molar-refractivity contribution in [2.45, 2.75) is 301 Å². The number of aliphatic hydroxyl groups is 4. The maximum absolute atomic E-state index is 12.6. The molecule has 0 aliphatic rings. The molecule has 0 aromatic carbocycles. The van der Waals surface area contributed by atoms with Gasteiger partial charge in [-0.3, -0.25) is 4.79 Å². The molecule has 6 heteroatoms. The minimum absolute atomic E-state index is 0.353. The third-order valence-electron chi connectivity index (χ3n) is 12.6. The zero-order chi connectivity index (χ0) is 44.5. The van der Waals surface area contributed by atoms with E-state index in [1.807, 2.05) is 0 Å². The Kier molecular flexibility index (Phi) is 48.3.